The molecule has 3 heterocycles. The van der Waals surface area contributed by atoms with Crippen molar-refractivity contribution in [1.29, 1.82) is 0 Å². The molecule has 4 atom stereocenters. The number of carbonyl (C=O) groups is 2. The third-order valence-corrected chi connectivity index (χ3v) is 6.66. The molecular formula is C23H32ClN3O5. The number of nitrogens with zero attached hydrogens (tertiary/aromatic N) is 2. The van der Waals surface area contributed by atoms with Gasteiger partial charge >= 0.3 is 6.03 Å². The van der Waals surface area contributed by atoms with Crippen LogP contribution in [0.2, 0.25) is 5.02 Å². The molecule has 2 N–H and O–H groups in total. The van der Waals surface area contributed by atoms with Crippen LogP contribution in [-0.4, -0.2) is 84.0 Å². The summed E-state index contributed by atoms with van der Waals surface area (Å²) in [5, 5.41) is 13.7. The Bertz CT molecular complexity index is 804. The Hall–Kier alpha value is -1.87. The molecule has 9 heteroatoms. The van der Waals surface area contributed by atoms with Crippen molar-refractivity contribution in [2.24, 2.45) is 0 Å². The summed E-state index contributed by atoms with van der Waals surface area (Å²) in [6.07, 6.45) is 3.73. The number of fused-ring (bicyclic) bond motifs is 1. The number of urea groups is 1. The van der Waals surface area contributed by atoms with E-state index in [4.69, 9.17) is 21.1 Å². The zero-order chi connectivity index (χ0) is 22.5. The van der Waals surface area contributed by atoms with Gasteiger partial charge in [0.05, 0.1) is 44.4 Å². The summed E-state index contributed by atoms with van der Waals surface area (Å²) in [4.78, 5) is 29.4. The van der Waals surface area contributed by atoms with Crippen LogP contribution in [0, 0.1) is 0 Å². The number of anilines is 1. The van der Waals surface area contributed by atoms with E-state index in [1.54, 1.807) is 29.2 Å². The number of halogens is 1. The second-order valence-electron chi connectivity index (χ2n) is 8.87. The highest BCUT2D eigenvalue weighted by atomic mass is 35.5. The van der Waals surface area contributed by atoms with E-state index in [-0.39, 0.29) is 49.9 Å². The van der Waals surface area contributed by atoms with Gasteiger partial charge in [0, 0.05) is 23.8 Å². The molecule has 3 aliphatic rings. The first-order valence-electron chi connectivity index (χ1n) is 11.5. The van der Waals surface area contributed by atoms with Crippen molar-refractivity contribution < 1.29 is 24.2 Å². The minimum Gasteiger partial charge on any atom is -0.389 e. The minimum atomic E-state index is -0.778. The van der Waals surface area contributed by atoms with Crippen molar-refractivity contribution in [2.45, 2.75) is 62.9 Å². The van der Waals surface area contributed by atoms with E-state index >= 15 is 0 Å². The Morgan fingerprint density at radius 1 is 1.16 bits per heavy atom. The van der Waals surface area contributed by atoms with Gasteiger partial charge < -0.3 is 29.7 Å². The predicted octanol–water partition coefficient (Wildman–Crippen LogP) is 2.88. The van der Waals surface area contributed by atoms with E-state index in [0.717, 1.165) is 25.9 Å². The summed E-state index contributed by atoms with van der Waals surface area (Å²) in [5.74, 6) is 0.144. The number of aliphatic hydroxyl groups is 1. The zero-order valence-electron chi connectivity index (χ0n) is 18.2. The molecule has 0 unspecified atom stereocenters. The maximum Gasteiger partial charge on any atom is 0.322 e. The van der Waals surface area contributed by atoms with Crippen LogP contribution >= 0.6 is 11.6 Å². The number of likely N-dealkylation sites (tertiary alicyclic amines) is 1. The molecule has 1 aromatic rings. The summed E-state index contributed by atoms with van der Waals surface area (Å²) >= 11 is 6.04. The highest BCUT2D eigenvalue weighted by molar-refractivity contribution is 6.30. The number of benzene rings is 1. The van der Waals surface area contributed by atoms with Crippen molar-refractivity contribution in [3.8, 4) is 0 Å². The van der Waals surface area contributed by atoms with E-state index in [9.17, 15) is 14.7 Å². The third-order valence-electron chi connectivity index (χ3n) is 6.43. The molecule has 0 saturated carbocycles. The number of aliphatic hydroxyl groups excluding tert-OH is 1. The number of rotatable bonds is 3. The van der Waals surface area contributed by atoms with Gasteiger partial charge in [0.1, 0.15) is 6.10 Å². The van der Waals surface area contributed by atoms with E-state index in [1.807, 2.05) is 4.90 Å². The molecule has 0 radical (unpaired) electrons. The SMILES string of the molecule is O=C(C[C@@H]1CC[C@H]2[C@@H](COC[C@H](O)CN2C(=O)Nc2cccc(Cl)c2)O1)N1CCCCC1. The Balaban J connectivity index is 1.41. The van der Waals surface area contributed by atoms with Crippen LogP contribution in [0.3, 0.4) is 0 Å². The number of nitrogens with one attached hydrogen (secondary N) is 1. The van der Waals surface area contributed by atoms with E-state index in [2.05, 4.69) is 5.32 Å². The molecular weight excluding hydrogens is 434 g/mol. The second kappa shape index (κ2) is 10.8. The van der Waals surface area contributed by atoms with Crippen molar-refractivity contribution in [3.05, 3.63) is 29.3 Å². The molecule has 8 nitrogen and oxygen atoms in total. The number of hydrogen-bond acceptors (Lipinski definition) is 5. The van der Waals surface area contributed by atoms with Gasteiger partial charge in [0.15, 0.2) is 0 Å². The molecule has 3 aliphatic heterocycles. The largest absolute Gasteiger partial charge is 0.389 e. The van der Waals surface area contributed by atoms with E-state index in [1.165, 1.54) is 6.42 Å². The van der Waals surface area contributed by atoms with Crippen LogP contribution in [-0.2, 0) is 14.3 Å². The van der Waals surface area contributed by atoms with Crippen molar-refractivity contribution in [2.75, 3.05) is 38.2 Å². The highest BCUT2D eigenvalue weighted by Gasteiger charge is 2.40. The molecule has 0 aromatic heterocycles. The molecule has 0 spiro atoms. The molecule has 4 rings (SSSR count). The summed E-state index contributed by atoms with van der Waals surface area (Å²) in [6.45, 7) is 2.21. The van der Waals surface area contributed by atoms with Crippen LogP contribution in [0.4, 0.5) is 10.5 Å². The lowest BCUT2D eigenvalue weighted by Crippen LogP contribution is -2.58. The molecule has 3 saturated heterocycles. The van der Waals surface area contributed by atoms with Gasteiger partial charge in [-0.1, -0.05) is 17.7 Å². The summed E-state index contributed by atoms with van der Waals surface area (Å²) < 4.78 is 11.9. The Morgan fingerprint density at radius 2 is 1.97 bits per heavy atom. The first-order valence-corrected chi connectivity index (χ1v) is 11.9. The van der Waals surface area contributed by atoms with Crippen molar-refractivity contribution in [3.63, 3.8) is 0 Å². The van der Waals surface area contributed by atoms with Crippen LogP contribution in [0.25, 0.3) is 0 Å². The van der Waals surface area contributed by atoms with E-state index < -0.39 is 6.10 Å². The third kappa shape index (κ3) is 5.92. The standard InChI is InChI=1S/C23H32ClN3O5/c24-16-5-4-6-17(11-16)25-23(30)27-13-18(28)14-31-15-21-20(27)8-7-19(32-21)12-22(29)26-9-2-1-3-10-26/h4-6,11,18-21,28H,1-3,7-10,12-15H2,(H,25,30)/t18-,19+,20+,21-/m1/s1. The maximum absolute atomic E-state index is 13.1. The van der Waals surface area contributed by atoms with Crippen LogP contribution in [0.5, 0.6) is 0 Å². The monoisotopic (exact) mass is 465 g/mol. The second-order valence-corrected chi connectivity index (χ2v) is 9.31. The van der Waals surface area contributed by atoms with Gasteiger partial charge in [-0.3, -0.25) is 4.79 Å². The van der Waals surface area contributed by atoms with Gasteiger partial charge in [0.25, 0.3) is 0 Å². The van der Waals surface area contributed by atoms with E-state index in [0.29, 0.717) is 30.0 Å². The minimum absolute atomic E-state index is 0.130. The van der Waals surface area contributed by atoms with Crippen LogP contribution in [0.1, 0.15) is 38.5 Å². The van der Waals surface area contributed by atoms with Crippen molar-refractivity contribution in [1.82, 2.24) is 9.80 Å². The molecule has 32 heavy (non-hydrogen) atoms. The van der Waals surface area contributed by atoms with Crippen molar-refractivity contribution >= 4 is 29.2 Å². The Labute approximate surface area is 193 Å². The lowest BCUT2D eigenvalue weighted by Gasteiger charge is -2.44. The molecule has 176 valence electrons. The number of piperidine rings is 1. The van der Waals surface area contributed by atoms with Gasteiger partial charge in [-0.05, 0) is 50.3 Å². The molecule has 3 fully saturated rings. The number of β-amino-alcohol motifs (C(OH)–C–C–N with tert-alkyl or cyclic N) is 1. The lowest BCUT2D eigenvalue weighted by atomic mass is 9.94. The smallest absolute Gasteiger partial charge is 0.322 e. The van der Waals surface area contributed by atoms with Gasteiger partial charge in [-0.15, -0.1) is 0 Å². The van der Waals surface area contributed by atoms with Crippen LogP contribution < -0.4 is 5.32 Å². The summed E-state index contributed by atoms with van der Waals surface area (Å²) in [6, 6.07) is 6.40. The Morgan fingerprint density at radius 3 is 2.75 bits per heavy atom. The van der Waals surface area contributed by atoms with Crippen LogP contribution in [0.15, 0.2) is 24.3 Å². The molecule has 0 aliphatic carbocycles. The quantitative estimate of drug-likeness (QED) is 0.716. The zero-order valence-corrected chi connectivity index (χ0v) is 19.0. The topological polar surface area (TPSA) is 91.3 Å². The summed E-state index contributed by atoms with van der Waals surface area (Å²) in [5.41, 5.74) is 0.591. The fourth-order valence-corrected chi connectivity index (χ4v) is 4.99. The van der Waals surface area contributed by atoms with Gasteiger partial charge in [0.2, 0.25) is 5.91 Å². The molecule has 0 bridgehead atoms. The van der Waals surface area contributed by atoms with Gasteiger partial charge in [-0.25, -0.2) is 4.79 Å². The first kappa shape index (κ1) is 23.3. The normalized spacial score (nSPS) is 28.9. The lowest BCUT2D eigenvalue weighted by molar-refractivity contribution is -0.154. The number of amides is 3. The average molecular weight is 466 g/mol. The Kier molecular flexibility index (Phi) is 7.88. The predicted molar refractivity (Wildman–Crippen MR) is 121 cm³/mol. The number of carbonyl (C=O) groups excluding carboxylic acids is 2. The van der Waals surface area contributed by atoms with Gasteiger partial charge in [-0.2, -0.15) is 0 Å². The average Bonchev–Trinajstić information content (AvgIpc) is 2.77. The maximum atomic E-state index is 13.1. The molecule has 1 aromatic carbocycles. The summed E-state index contributed by atoms with van der Waals surface area (Å²) in [7, 11) is 0. The number of ether oxygens (including phenoxy) is 2. The highest BCUT2D eigenvalue weighted by Crippen LogP contribution is 2.29. The number of hydrogen-bond donors (Lipinski definition) is 2. The fourth-order valence-electron chi connectivity index (χ4n) is 4.80. The first-order chi connectivity index (χ1) is 15.5. The fraction of sp³-hybridized carbons (Fsp3) is 0.652. The molecule has 3 amide bonds.